The maximum Gasteiger partial charge on any atom is 0.170 e. The van der Waals surface area contributed by atoms with Crippen molar-refractivity contribution in [2.24, 2.45) is 17.8 Å². The normalized spacial score (nSPS) is 37.1. The summed E-state index contributed by atoms with van der Waals surface area (Å²) in [4.78, 5) is 4.26. The molecule has 3 aliphatic heterocycles. The fourth-order valence-electron chi connectivity index (χ4n) is 5.35. The average molecular weight is 325 g/mol. The van der Waals surface area contributed by atoms with Crippen molar-refractivity contribution in [3.63, 3.8) is 0 Å². The van der Waals surface area contributed by atoms with Gasteiger partial charge in [-0.15, -0.1) is 0 Å². The summed E-state index contributed by atoms with van der Waals surface area (Å²) in [5.74, 6) is 1.96. The van der Waals surface area contributed by atoms with Gasteiger partial charge in [-0.05, 0) is 30.9 Å². The second kappa shape index (κ2) is 4.83. The molecule has 3 saturated heterocycles. The number of rotatable bonds is 2. The van der Waals surface area contributed by atoms with Crippen LogP contribution in [0, 0.1) is 23.2 Å². The zero-order valence-electron chi connectivity index (χ0n) is 13.9. The first-order valence-corrected chi connectivity index (χ1v) is 8.81. The molecule has 2 aromatic rings. The van der Waals surface area contributed by atoms with Crippen LogP contribution in [0.3, 0.4) is 0 Å². The monoisotopic (exact) mass is 325 g/mol. The second-order valence-electron chi connectivity index (χ2n) is 7.79. The van der Waals surface area contributed by atoms with Crippen LogP contribution >= 0.6 is 0 Å². The van der Waals surface area contributed by atoms with Gasteiger partial charge in [0.15, 0.2) is 11.6 Å². The van der Waals surface area contributed by atoms with E-state index in [0.29, 0.717) is 5.76 Å². The van der Waals surface area contributed by atoms with E-state index in [-0.39, 0.29) is 17.7 Å². The van der Waals surface area contributed by atoms with Gasteiger partial charge in [0, 0.05) is 43.9 Å². The van der Waals surface area contributed by atoms with E-state index >= 15 is 0 Å². The molecule has 1 saturated carbocycles. The first kappa shape index (κ1) is 14.5. The molecular formula is C19H23N3O2. The Kier molecular flexibility index (Phi) is 2.92. The second-order valence-corrected chi connectivity index (χ2v) is 7.79. The number of nitrogens with zero attached hydrogens (tertiary/aromatic N) is 2. The molecule has 1 aliphatic carbocycles. The van der Waals surface area contributed by atoms with Crippen molar-refractivity contribution >= 4 is 16.8 Å². The van der Waals surface area contributed by atoms with Gasteiger partial charge in [0.1, 0.15) is 11.3 Å². The summed E-state index contributed by atoms with van der Waals surface area (Å²) in [6.45, 7) is 3.08. The Hall–Kier alpha value is -1.85. The zero-order chi connectivity index (χ0) is 16.5. The van der Waals surface area contributed by atoms with Crippen LogP contribution in [0.4, 0.5) is 0 Å². The third-order valence-electron chi connectivity index (χ3n) is 6.44. The predicted octanol–water partition coefficient (Wildman–Crippen LogP) is 2.35. The summed E-state index contributed by atoms with van der Waals surface area (Å²) in [5, 5.41) is 21.2. The van der Waals surface area contributed by atoms with Gasteiger partial charge in [0.05, 0.1) is 0 Å². The van der Waals surface area contributed by atoms with Crippen LogP contribution < -0.4 is 0 Å². The molecule has 5 nitrogen and oxygen atoms in total. The van der Waals surface area contributed by atoms with Crippen LogP contribution in [-0.4, -0.2) is 53.1 Å². The van der Waals surface area contributed by atoms with Crippen LogP contribution in [0.25, 0.3) is 11.0 Å². The minimum atomic E-state index is -0.927. The first-order chi connectivity index (χ1) is 11.6. The average Bonchev–Trinajstić information content (AvgIpc) is 3.01. The summed E-state index contributed by atoms with van der Waals surface area (Å²) in [5.41, 5.74) is -0.141. The summed E-state index contributed by atoms with van der Waals surface area (Å²) < 4.78 is 5.85. The van der Waals surface area contributed by atoms with Crippen molar-refractivity contribution in [1.82, 2.24) is 9.80 Å². The minimum absolute atomic E-state index is 0.221. The van der Waals surface area contributed by atoms with Gasteiger partial charge in [-0.2, -0.15) is 0 Å². The lowest BCUT2D eigenvalue weighted by Gasteiger charge is -2.62. The van der Waals surface area contributed by atoms with E-state index < -0.39 is 5.72 Å². The maximum absolute atomic E-state index is 11.6. The SMILES string of the molecule is CN(C(=N)c1cc2ccccc2o1)C1(O)C2CC3CC1CN(C3)C2. The smallest absolute Gasteiger partial charge is 0.170 e. The topological polar surface area (TPSA) is 63.7 Å². The molecule has 126 valence electrons. The molecule has 6 rings (SSSR count). The number of furan rings is 1. The van der Waals surface area contributed by atoms with Gasteiger partial charge in [0.2, 0.25) is 0 Å². The molecule has 4 aliphatic rings. The highest BCUT2D eigenvalue weighted by Crippen LogP contribution is 2.50. The first-order valence-electron chi connectivity index (χ1n) is 8.81. The number of fused-ring (bicyclic) bond motifs is 1. The molecule has 4 heterocycles. The van der Waals surface area contributed by atoms with Gasteiger partial charge in [-0.1, -0.05) is 18.2 Å². The molecule has 1 aromatic heterocycles. The summed E-state index contributed by atoms with van der Waals surface area (Å²) in [7, 11) is 1.85. The van der Waals surface area contributed by atoms with E-state index in [1.807, 2.05) is 37.4 Å². The van der Waals surface area contributed by atoms with Crippen molar-refractivity contribution in [2.45, 2.75) is 18.6 Å². The van der Waals surface area contributed by atoms with E-state index in [4.69, 9.17) is 9.83 Å². The Labute approximate surface area is 141 Å². The number of piperidine rings is 3. The van der Waals surface area contributed by atoms with E-state index in [9.17, 15) is 5.11 Å². The molecule has 24 heavy (non-hydrogen) atoms. The van der Waals surface area contributed by atoms with Gasteiger partial charge in [0.25, 0.3) is 0 Å². The van der Waals surface area contributed by atoms with E-state index in [1.165, 1.54) is 6.54 Å². The molecule has 0 spiro atoms. The number of nitrogens with one attached hydrogen (secondary N) is 1. The van der Waals surface area contributed by atoms with Crippen molar-refractivity contribution < 1.29 is 9.52 Å². The Morgan fingerprint density at radius 2 is 1.96 bits per heavy atom. The standard InChI is InChI=1S/C19H23N3O2/c1-21(18(20)17-8-13-4-2-3-5-16(13)24-17)19(23)14-6-12-7-15(19)11-22(9-12)10-14/h2-5,8,12,14-15,20,23H,6-7,9-11H2,1H3. The third-order valence-corrected chi connectivity index (χ3v) is 6.44. The van der Waals surface area contributed by atoms with Crippen molar-refractivity contribution in [3.8, 4) is 0 Å². The Balaban J connectivity index is 1.48. The van der Waals surface area contributed by atoms with E-state index in [2.05, 4.69) is 4.90 Å². The maximum atomic E-state index is 11.6. The highest BCUT2D eigenvalue weighted by atomic mass is 16.3. The molecule has 2 N–H and O–H groups in total. The minimum Gasteiger partial charge on any atom is -0.453 e. The summed E-state index contributed by atoms with van der Waals surface area (Å²) >= 11 is 0. The molecule has 4 fully saturated rings. The molecule has 4 bridgehead atoms. The van der Waals surface area contributed by atoms with Crippen LogP contribution in [0.15, 0.2) is 34.7 Å². The Morgan fingerprint density at radius 1 is 1.25 bits per heavy atom. The van der Waals surface area contributed by atoms with Crippen LogP contribution in [0.5, 0.6) is 0 Å². The van der Waals surface area contributed by atoms with Crippen LogP contribution in [0.1, 0.15) is 18.6 Å². The number of amidine groups is 1. The van der Waals surface area contributed by atoms with Crippen molar-refractivity contribution in [1.29, 1.82) is 5.41 Å². The van der Waals surface area contributed by atoms with Crippen molar-refractivity contribution in [2.75, 3.05) is 26.7 Å². The Bertz CT molecular complexity index is 751. The lowest BCUT2D eigenvalue weighted by molar-refractivity contribution is -0.234. The zero-order valence-corrected chi connectivity index (χ0v) is 13.9. The lowest BCUT2D eigenvalue weighted by Crippen LogP contribution is -2.72. The quantitative estimate of drug-likeness (QED) is 0.505. The molecule has 5 heteroatoms. The summed E-state index contributed by atoms with van der Waals surface area (Å²) in [6.07, 6.45) is 2.14. The van der Waals surface area contributed by atoms with Gasteiger partial charge in [-0.25, -0.2) is 0 Å². The number of para-hydroxylation sites is 1. The van der Waals surface area contributed by atoms with E-state index in [1.54, 1.807) is 4.90 Å². The highest BCUT2D eigenvalue weighted by Gasteiger charge is 2.58. The molecule has 1 aromatic carbocycles. The predicted molar refractivity (Wildman–Crippen MR) is 91.9 cm³/mol. The molecule has 0 amide bonds. The number of hydrogen-bond donors (Lipinski definition) is 2. The van der Waals surface area contributed by atoms with E-state index in [0.717, 1.165) is 42.8 Å². The van der Waals surface area contributed by atoms with Crippen molar-refractivity contribution in [3.05, 3.63) is 36.1 Å². The van der Waals surface area contributed by atoms with Gasteiger partial charge in [-0.3, -0.25) is 5.41 Å². The number of aliphatic hydroxyl groups is 1. The molecular weight excluding hydrogens is 302 g/mol. The van der Waals surface area contributed by atoms with Gasteiger partial charge >= 0.3 is 0 Å². The van der Waals surface area contributed by atoms with Crippen LogP contribution in [-0.2, 0) is 0 Å². The molecule has 0 radical (unpaired) electrons. The largest absolute Gasteiger partial charge is 0.453 e. The number of hydrogen-bond acceptors (Lipinski definition) is 4. The molecule has 2 atom stereocenters. The fraction of sp³-hybridized carbons (Fsp3) is 0.526. The number of benzene rings is 1. The molecule has 2 unspecified atom stereocenters. The third kappa shape index (κ3) is 1.85. The lowest BCUT2D eigenvalue weighted by atomic mass is 9.62. The highest BCUT2D eigenvalue weighted by molar-refractivity contribution is 5.98. The fourth-order valence-corrected chi connectivity index (χ4v) is 5.35. The van der Waals surface area contributed by atoms with Crippen LogP contribution in [0.2, 0.25) is 0 Å². The van der Waals surface area contributed by atoms with Gasteiger partial charge < -0.3 is 19.3 Å². The Morgan fingerprint density at radius 3 is 2.62 bits per heavy atom. The summed E-state index contributed by atoms with van der Waals surface area (Å²) in [6, 6.07) is 9.70.